The van der Waals surface area contributed by atoms with Crippen LogP contribution in [-0.2, 0) is 23.7 Å². The number of rotatable bonds is 66. The third-order valence-electron chi connectivity index (χ3n) is 19.1. The Morgan fingerprint density at radius 3 is 1.11 bits per heavy atom. The molecule has 0 saturated carbocycles. The Kier molecular flexibility index (Phi) is 60.4. The molecule has 2 heterocycles. The fourth-order valence-electron chi connectivity index (χ4n) is 12.8. The normalized spacial score (nSPS) is 22.7. The largest absolute Gasteiger partial charge is 0.394 e. The van der Waals surface area contributed by atoms with E-state index in [4.69, 9.17) is 18.9 Å². The summed E-state index contributed by atoms with van der Waals surface area (Å²) in [6.07, 6.45) is 72.8. The van der Waals surface area contributed by atoms with Gasteiger partial charge in [-0.25, -0.2) is 0 Å². The molecule has 95 heavy (non-hydrogen) atoms. The van der Waals surface area contributed by atoms with Crippen molar-refractivity contribution in [2.45, 2.75) is 415 Å². The predicted octanol–water partition coefficient (Wildman–Crippen LogP) is 17.7. The third-order valence-corrected chi connectivity index (χ3v) is 19.1. The van der Waals surface area contributed by atoms with Crippen molar-refractivity contribution in [2.24, 2.45) is 0 Å². The van der Waals surface area contributed by atoms with Gasteiger partial charge in [-0.15, -0.1) is 0 Å². The lowest BCUT2D eigenvalue weighted by Gasteiger charge is -2.46. The number of ether oxygens (including phenoxy) is 4. The molecule has 0 bridgehead atoms. The molecule has 14 nitrogen and oxygen atoms in total. The minimum absolute atomic E-state index is 0.248. The molecule has 2 fully saturated rings. The number of carbonyl (C=O) groups excluding carboxylic acids is 1. The lowest BCUT2D eigenvalue weighted by molar-refractivity contribution is -0.359. The molecule has 14 heteroatoms. The lowest BCUT2D eigenvalue weighted by atomic mass is 9.97. The number of aliphatic hydroxyl groups excluding tert-OH is 8. The van der Waals surface area contributed by atoms with Gasteiger partial charge in [-0.1, -0.05) is 324 Å². The quantitative estimate of drug-likeness (QED) is 0.0204. The van der Waals surface area contributed by atoms with Crippen LogP contribution in [0.1, 0.15) is 341 Å². The SMILES string of the molecule is CCCCCCC/C=C\C/C=C\C/C=C\CCCCCCCCCCCCCCCCCCCCCCCCCCC(=O)NC(COC1OC(CO)C(OC2OC(CO)C(O)C(O)C2O)C(O)C1O)C(O)/C=C/CC/C=C/CC/C=C/CCCCCCCCCCCCCC. The van der Waals surface area contributed by atoms with E-state index in [1.54, 1.807) is 6.08 Å². The number of allylic oxidation sites excluding steroid dienone is 11. The molecule has 0 radical (unpaired) electrons. The Balaban J connectivity index is 1.60. The molecule has 0 aromatic heterocycles. The van der Waals surface area contributed by atoms with Crippen molar-refractivity contribution in [2.75, 3.05) is 19.8 Å². The Bertz CT molecular complexity index is 1870. The number of amides is 1. The zero-order valence-corrected chi connectivity index (χ0v) is 60.7. The van der Waals surface area contributed by atoms with Gasteiger partial charge in [0.15, 0.2) is 12.6 Å². The second-order valence-electron chi connectivity index (χ2n) is 27.8. The van der Waals surface area contributed by atoms with Crippen LogP contribution >= 0.6 is 0 Å². The molecule has 0 aliphatic carbocycles. The molecular formula is C81H147NO13. The predicted molar refractivity (Wildman–Crippen MR) is 392 cm³/mol. The van der Waals surface area contributed by atoms with Gasteiger partial charge in [-0.2, -0.15) is 0 Å². The van der Waals surface area contributed by atoms with Crippen LogP contribution in [0.3, 0.4) is 0 Å². The van der Waals surface area contributed by atoms with Crippen molar-refractivity contribution in [3.63, 3.8) is 0 Å². The van der Waals surface area contributed by atoms with Crippen LogP contribution in [0.2, 0.25) is 0 Å². The van der Waals surface area contributed by atoms with E-state index >= 15 is 0 Å². The van der Waals surface area contributed by atoms with E-state index in [0.717, 1.165) is 57.8 Å². The van der Waals surface area contributed by atoms with Crippen LogP contribution in [0.4, 0.5) is 0 Å². The van der Waals surface area contributed by atoms with Crippen molar-refractivity contribution in [3.8, 4) is 0 Å². The summed E-state index contributed by atoms with van der Waals surface area (Å²) < 4.78 is 22.9. The van der Waals surface area contributed by atoms with Crippen LogP contribution < -0.4 is 5.32 Å². The molecular weight excluding hydrogens is 1190 g/mol. The maximum atomic E-state index is 13.4. The van der Waals surface area contributed by atoms with Gasteiger partial charge < -0.3 is 65.1 Å². The summed E-state index contributed by atoms with van der Waals surface area (Å²) in [5.74, 6) is -0.248. The van der Waals surface area contributed by atoms with E-state index in [1.807, 2.05) is 6.08 Å². The molecule has 2 aliphatic rings. The van der Waals surface area contributed by atoms with Crippen LogP contribution in [0.15, 0.2) is 72.9 Å². The van der Waals surface area contributed by atoms with Crippen LogP contribution in [0, 0.1) is 0 Å². The number of carbonyl (C=O) groups is 1. The van der Waals surface area contributed by atoms with Gasteiger partial charge in [0.25, 0.3) is 0 Å². The Morgan fingerprint density at radius 1 is 0.379 bits per heavy atom. The van der Waals surface area contributed by atoms with E-state index in [1.165, 1.54) is 250 Å². The third kappa shape index (κ3) is 48.0. The number of hydrogen-bond donors (Lipinski definition) is 9. The maximum absolute atomic E-state index is 13.4. The first-order valence-corrected chi connectivity index (χ1v) is 39.7. The highest BCUT2D eigenvalue weighted by Crippen LogP contribution is 2.30. The molecule has 0 aromatic rings. The Hall–Kier alpha value is -2.57. The number of aliphatic hydroxyl groups is 8. The van der Waals surface area contributed by atoms with Crippen molar-refractivity contribution in [1.29, 1.82) is 0 Å². The van der Waals surface area contributed by atoms with Gasteiger partial charge in [0.1, 0.15) is 48.8 Å². The number of nitrogens with one attached hydrogen (secondary N) is 1. The summed E-state index contributed by atoms with van der Waals surface area (Å²) in [7, 11) is 0. The zero-order chi connectivity index (χ0) is 68.7. The van der Waals surface area contributed by atoms with Gasteiger partial charge in [-0.3, -0.25) is 4.79 Å². The highest BCUT2D eigenvalue weighted by Gasteiger charge is 2.51. The second-order valence-corrected chi connectivity index (χ2v) is 27.8. The fourth-order valence-corrected chi connectivity index (χ4v) is 12.8. The average Bonchev–Trinajstić information content (AvgIpc) is 0.801. The molecule has 12 unspecified atom stereocenters. The van der Waals surface area contributed by atoms with E-state index in [9.17, 15) is 45.6 Å². The number of hydrogen-bond acceptors (Lipinski definition) is 13. The van der Waals surface area contributed by atoms with Crippen molar-refractivity contribution >= 4 is 5.91 Å². The van der Waals surface area contributed by atoms with E-state index < -0.39 is 86.8 Å². The Labute approximate surface area is 580 Å². The van der Waals surface area contributed by atoms with E-state index in [2.05, 4.69) is 79.9 Å². The van der Waals surface area contributed by atoms with Crippen LogP contribution in [0.5, 0.6) is 0 Å². The molecule has 554 valence electrons. The molecule has 2 saturated heterocycles. The molecule has 2 rings (SSSR count). The molecule has 1 amide bonds. The smallest absolute Gasteiger partial charge is 0.220 e. The molecule has 0 spiro atoms. The van der Waals surface area contributed by atoms with Gasteiger partial charge in [0.2, 0.25) is 5.91 Å². The fraction of sp³-hybridized carbons (Fsp3) is 0.840. The summed E-state index contributed by atoms with van der Waals surface area (Å²) in [5, 5.41) is 87.5. The average molecular weight is 1340 g/mol. The van der Waals surface area contributed by atoms with Gasteiger partial charge in [-0.05, 0) is 83.5 Å². The molecule has 12 atom stereocenters. The van der Waals surface area contributed by atoms with Crippen LogP contribution in [-0.4, -0.2) is 140 Å². The van der Waals surface area contributed by atoms with Gasteiger partial charge >= 0.3 is 0 Å². The molecule has 0 aromatic carbocycles. The van der Waals surface area contributed by atoms with Crippen molar-refractivity contribution < 1.29 is 64.6 Å². The highest BCUT2D eigenvalue weighted by atomic mass is 16.7. The summed E-state index contributed by atoms with van der Waals surface area (Å²) in [6, 6.07) is -0.940. The summed E-state index contributed by atoms with van der Waals surface area (Å²) in [5.41, 5.74) is 0. The second kappa shape index (κ2) is 64.8. The van der Waals surface area contributed by atoms with Crippen molar-refractivity contribution in [1.82, 2.24) is 5.32 Å². The maximum Gasteiger partial charge on any atom is 0.220 e. The molecule has 9 N–H and O–H groups in total. The first-order valence-electron chi connectivity index (χ1n) is 39.7. The Morgan fingerprint density at radius 2 is 0.705 bits per heavy atom. The monoisotopic (exact) mass is 1340 g/mol. The highest BCUT2D eigenvalue weighted by molar-refractivity contribution is 5.76. The molecule has 2 aliphatic heterocycles. The topological polar surface area (TPSA) is 228 Å². The summed E-state index contributed by atoms with van der Waals surface area (Å²) in [4.78, 5) is 13.4. The minimum Gasteiger partial charge on any atom is -0.394 e. The van der Waals surface area contributed by atoms with Gasteiger partial charge in [0.05, 0.1) is 32.0 Å². The van der Waals surface area contributed by atoms with Gasteiger partial charge in [0, 0.05) is 6.42 Å². The lowest BCUT2D eigenvalue weighted by Crippen LogP contribution is -2.65. The summed E-state index contributed by atoms with van der Waals surface area (Å²) >= 11 is 0. The standard InChI is InChI=1S/C81H147NO13/c1-3-5-7-9-11-13-15-17-19-21-23-25-27-28-29-30-31-32-33-34-35-36-37-38-39-40-41-42-43-45-47-49-51-53-55-57-59-61-63-65-73(86)82-69(68-92-80-78(91)76(89)79(72(67-84)94-80)95-81-77(90)75(88)74(87)71(66-83)93-81)70(85)64-62-60-58-56-54-52-50-48-46-44-26-24-22-20-18-16-14-12-10-8-6-4-2/h15,17,21,23,27-28,46,48,54,56,62,64,69-72,74-81,83-85,87-91H,3-14,16,18-20,22,24-26,29-45,47,49-53,55,57-61,63,65-68H2,1-2H3,(H,82,86)/b17-15-,23-21-,28-27-,48-46+,56-54+,64-62+. The van der Waals surface area contributed by atoms with Crippen LogP contribution in [0.25, 0.3) is 0 Å². The zero-order valence-electron chi connectivity index (χ0n) is 60.7. The van der Waals surface area contributed by atoms with E-state index in [-0.39, 0.29) is 18.9 Å². The first-order chi connectivity index (χ1) is 46.6. The number of unbranched alkanes of at least 4 members (excludes halogenated alkanes) is 43. The first kappa shape index (κ1) is 88.5. The minimum atomic E-state index is -1.79. The summed E-state index contributed by atoms with van der Waals surface area (Å²) in [6.45, 7) is 2.80. The van der Waals surface area contributed by atoms with Crippen molar-refractivity contribution in [3.05, 3.63) is 72.9 Å². The van der Waals surface area contributed by atoms with E-state index in [0.29, 0.717) is 12.8 Å².